The van der Waals surface area contributed by atoms with Gasteiger partial charge in [0, 0.05) is 44.8 Å². The zero-order valence-corrected chi connectivity index (χ0v) is 20.7. The second kappa shape index (κ2) is 14.2. The van der Waals surface area contributed by atoms with Gasteiger partial charge in [-0.25, -0.2) is 0 Å². The molecule has 0 aromatic heterocycles. The van der Waals surface area contributed by atoms with Crippen LogP contribution in [0.15, 0.2) is 48.5 Å². The van der Waals surface area contributed by atoms with E-state index in [9.17, 15) is 9.59 Å². The van der Waals surface area contributed by atoms with Crippen molar-refractivity contribution in [3.63, 3.8) is 0 Å². The molecule has 0 unspecified atom stereocenters. The Balaban J connectivity index is 1.50. The zero-order valence-electron chi connectivity index (χ0n) is 20.7. The van der Waals surface area contributed by atoms with Gasteiger partial charge in [0.25, 0.3) is 5.91 Å². The fourth-order valence-corrected chi connectivity index (χ4v) is 3.96. The molecule has 1 N–H and O–H groups in total. The number of nitrogens with zero attached hydrogens (tertiary/aromatic N) is 1. The van der Waals surface area contributed by atoms with E-state index in [-0.39, 0.29) is 17.7 Å². The molecule has 1 fully saturated rings. The van der Waals surface area contributed by atoms with Crippen LogP contribution in [0.25, 0.3) is 0 Å². The van der Waals surface area contributed by atoms with Gasteiger partial charge in [-0.1, -0.05) is 18.2 Å². The Morgan fingerprint density at radius 3 is 2.40 bits per heavy atom. The summed E-state index contributed by atoms with van der Waals surface area (Å²) in [6.45, 7) is 5.43. The molecule has 2 aromatic carbocycles. The third-order valence-electron chi connectivity index (χ3n) is 5.82. The Hall–Kier alpha value is -3.26. The number of benzene rings is 2. The first-order valence-corrected chi connectivity index (χ1v) is 12.3. The van der Waals surface area contributed by atoms with Crippen molar-refractivity contribution in [1.82, 2.24) is 10.2 Å². The Morgan fingerprint density at radius 1 is 0.943 bits per heavy atom. The minimum Gasteiger partial charge on any atom is -0.490 e. The maximum atomic E-state index is 13.1. The minimum absolute atomic E-state index is 0.0598. The van der Waals surface area contributed by atoms with E-state index in [4.69, 9.17) is 18.9 Å². The number of ether oxygens (including phenoxy) is 4. The molecule has 0 radical (unpaired) electrons. The van der Waals surface area contributed by atoms with Gasteiger partial charge >= 0.3 is 0 Å². The number of amides is 2. The molecule has 190 valence electrons. The Morgan fingerprint density at radius 2 is 1.69 bits per heavy atom. The Bertz CT molecular complexity index is 929. The van der Waals surface area contributed by atoms with Gasteiger partial charge in [-0.3, -0.25) is 9.59 Å². The zero-order chi connectivity index (χ0) is 24.9. The molecular weight excluding hydrogens is 448 g/mol. The average Bonchev–Trinajstić information content (AvgIpc) is 2.90. The summed E-state index contributed by atoms with van der Waals surface area (Å²) < 4.78 is 22.3. The smallest absolute Gasteiger partial charge is 0.253 e. The summed E-state index contributed by atoms with van der Waals surface area (Å²) in [5, 5.41) is 2.96. The van der Waals surface area contributed by atoms with Crippen LogP contribution in [-0.4, -0.2) is 69.9 Å². The second-order valence-corrected chi connectivity index (χ2v) is 8.31. The number of methoxy groups -OCH3 is 1. The highest BCUT2D eigenvalue weighted by Gasteiger charge is 2.28. The first kappa shape index (κ1) is 26.3. The molecule has 8 heteroatoms. The predicted octanol–water partition coefficient (Wildman–Crippen LogP) is 3.55. The van der Waals surface area contributed by atoms with Crippen molar-refractivity contribution in [3.05, 3.63) is 54.1 Å². The highest BCUT2D eigenvalue weighted by molar-refractivity contribution is 5.95. The molecule has 1 heterocycles. The van der Waals surface area contributed by atoms with Crippen molar-refractivity contribution < 1.29 is 28.5 Å². The summed E-state index contributed by atoms with van der Waals surface area (Å²) in [6.07, 6.45) is 2.10. The van der Waals surface area contributed by atoms with E-state index in [1.165, 1.54) is 0 Å². The van der Waals surface area contributed by atoms with Crippen molar-refractivity contribution >= 4 is 11.8 Å². The van der Waals surface area contributed by atoms with E-state index in [1.54, 1.807) is 30.2 Å². The molecule has 2 amide bonds. The van der Waals surface area contributed by atoms with E-state index in [0.717, 1.165) is 12.2 Å². The second-order valence-electron chi connectivity index (χ2n) is 8.31. The van der Waals surface area contributed by atoms with Gasteiger partial charge in [-0.2, -0.15) is 0 Å². The van der Waals surface area contributed by atoms with E-state index in [0.29, 0.717) is 76.0 Å². The molecular formula is C27H36N2O6. The van der Waals surface area contributed by atoms with Crippen LogP contribution in [0, 0.1) is 5.92 Å². The average molecular weight is 485 g/mol. The van der Waals surface area contributed by atoms with E-state index in [1.807, 2.05) is 37.3 Å². The third-order valence-corrected chi connectivity index (χ3v) is 5.82. The fraction of sp³-hybridized carbons (Fsp3) is 0.481. The standard InChI is InChI=1S/C27H36N2O6/c1-3-33-25-20-22(10-11-24(25)35-19-18-34-23-8-5-4-6-9-23)27(31)29-15-12-21(13-16-29)26(30)28-14-7-17-32-2/h4-6,8-11,20-21H,3,7,12-19H2,1-2H3,(H,28,30). The van der Waals surface area contributed by atoms with Crippen LogP contribution >= 0.6 is 0 Å². The van der Waals surface area contributed by atoms with Crippen LogP contribution in [0.1, 0.15) is 36.5 Å². The molecule has 0 atom stereocenters. The number of rotatable bonds is 13. The topological polar surface area (TPSA) is 86.3 Å². The van der Waals surface area contributed by atoms with Gasteiger partial charge in [0.05, 0.1) is 6.61 Å². The van der Waals surface area contributed by atoms with Crippen LogP contribution in [0.4, 0.5) is 0 Å². The number of nitrogens with one attached hydrogen (secondary N) is 1. The minimum atomic E-state index is -0.0659. The van der Waals surface area contributed by atoms with E-state index < -0.39 is 0 Å². The number of likely N-dealkylation sites (tertiary alicyclic amines) is 1. The molecule has 1 saturated heterocycles. The molecule has 8 nitrogen and oxygen atoms in total. The van der Waals surface area contributed by atoms with E-state index >= 15 is 0 Å². The number of carbonyl (C=O) groups excluding carboxylic acids is 2. The molecule has 1 aliphatic rings. The van der Waals surface area contributed by atoms with Crippen LogP contribution in [0.2, 0.25) is 0 Å². The molecule has 1 aliphatic heterocycles. The lowest BCUT2D eigenvalue weighted by molar-refractivity contribution is -0.126. The van der Waals surface area contributed by atoms with Gasteiger partial charge in [0.2, 0.25) is 5.91 Å². The summed E-state index contributed by atoms with van der Waals surface area (Å²) in [4.78, 5) is 27.3. The SMILES string of the molecule is CCOc1cc(C(=O)N2CCC(C(=O)NCCCOC)CC2)ccc1OCCOc1ccccc1. The van der Waals surface area contributed by atoms with Crippen molar-refractivity contribution in [3.8, 4) is 17.2 Å². The summed E-state index contributed by atoms with van der Waals surface area (Å²) in [5.74, 6) is 1.82. The monoisotopic (exact) mass is 484 g/mol. The molecule has 3 rings (SSSR count). The normalized spacial score (nSPS) is 13.8. The van der Waals surface area contributed by atoms with Crippen molar-refractivity contribution in [2.45, 2.75) is 26.2 Å². The summed E-state index contributed by atoms with van der Waals surface area (Å²) in [6, 6.07) is 14.8. The lowest BCUT2D eigenvalue weighted by Gasteiger charge is -2.31. The Kier molecular flexibility index (Phi) is 10.7. The molecule has 0 bridgehead atoms. The van der Waals surface area contributed by atoms with Gasteiger partial charge < -0.3 is 29.2 Å². The van der Waals surface area contributed by atoms with E-state index in [2.05, 4.69) is 5.32 Å². The maximum absolute atomic E-state index is 13.1. The number of para-hydroxylation sites is 1. The highest BCUT2D eigenvalue weighted by atomic mass is 16.5. The maximum Gasteiger partial charge on any atom is 0.253 e. The first-order valence-electron chi connectivity index (χ1n) is 12.3. The molecule has 0 spiro atoms. The predicted molar refractivity (Wildman–Crippen MR) is 133 cm³/mol. The summed E-state index contributed by atoms with van der Waals surface area (Å²) in [7, 11) is 1.65. The summed E-state index contributed by atoms with van der Waals surface area (Å²) >= 11 is 0. The lowest BCUT2D eigenvalue weighted by Crippen LogP contribution is -2.43. The van der Waals surface area contributed by atoms with Gasteiger partial charge in [0.1, 0.15) is 19.0 Å². The molecule has 35 heavy (non-hydrogen) atoms. The van der Waals surface area contributed by atoms with Crippen LogP contribution in [0.3, 0.4) is 0 Å². The largest absolute Gasteiger partial charge is 0.490 e. The van der Waals surface area contributed by atoms with Crippen LogP contribution < -0.4 is 19.5 Å². The number of piperidine rings is 1. The van der Waals surface area contributed by atoms with Crippen molar-refractivity contribution in [2.24, 2.45) is 5.92 Å². The first-order chi connectivity index (χ1) is 17.1. The number of hydrogen-bond donors (Lipinski definition) is 1. The van der Waals surface area contributed by atoms with Crippen LogP contribution in [0.5, 0.6) is 17.2 Å². The fourth-order valence-electron chi connectivity index (χ4n) is 3.96. The quantitative estimate of drug-likeness (QED) is 0.438. The van der Waals surface area contributed by atoms with Gasteiger partial charge in [-0.05, 0) is 56.5 Å². The van der Waals surface area contributed by atoms with Crippen molar-refractivity contribution in [1.29, 1.82) is 0 Å². The molecule has 0 aliphatic carbocycles. The highest BCUT2D eigenvalue weighted by Crippen LogP contribution is 2.30. The number of hydrogen-bond acceptors (Lipinski definition) is 6. The Labute approximate surface area is 207 Å². The van der Waals surface area contributed by atoms with Crippen LogP contribution in [-0.2, 0) is 9.53 Å². The van der Waals surface area contributed by atoms with Crippen molar-refractivity contribution in [2.75, 3.05) is 53.2 Å². The lowest BCUT2D eigenvalue weighted by atomic mass is 9.95. The molecule has 2 aromatic rings. The summed E-state index contributed by atoms with van der Waals surface area (Å²) in [5.41, 5.74) is 0.545. The molecule has 0 saturated carbocycles. The number of carbonyl (C=O) groups is 2. The van der Waals surface area contributed by atoms with Gasteiger partial charge in [0.15, 0.2) is 11.5 Å². The third kappa shape index (κ3) is 8.17. The van der Waals surface area contributed by atoms with Gasteiger partial charge in [-0.15, -0.1) is 0 Å².